The molecule has 0 saturated carbocycles. The predicted molar refractivity (Wildman–Crippen MR) is 88.7 cm³/mol. The fraction of sp³-hybridized carbons (Fsp3) is 0.118. The molecule has 1 N–H and O–H groups in total. The lowest BCUT2D eigenvalue weighted by Crippen LogP contribution is -2.12. The summed E-state index contributed by atoms with van der Waals surface area (Å²) in [4.78, 5) is 14.5. The number of nitro groups is 1. The van der Waals surface area contributed by atoms with Gasteiger partial charge in [0.15, 0.2) is 11.6 Å². The van der Waals surface area contributed by atoms with Gasteiger partial charge < -0.3 is 10.1 Å². The van der Waals surface area contributed by atoms with Crippen molar-refractivity contribution in [1.82, 2.24) is 4.98 Å². The molecule has 2 aromatic carbocycles. The van der Waals surface area contributed by atoms with Gasteiger partial charge in [-0.1, -0.05) is 0 Å². The van der Waals surface area contributed by atoms with E-state index in [4.69, 9.17) is 4.74 Å². The van der Waals surface area contributed by atoms with Crippen LogP contribution >= 0.6 is 0 Å². The summed E-state index contributed by atoms with van der Waals surface area (Å²) in [7, 11) is 0. The number of benzene rings is 2. The molecule has 0 saturated heterocycles. The third kappa shape index (κ3) is 3.63. The second-order valence-electron chi connectivity index (χ2n) is 5.16. The normalized spacial score (nSPS) is 10.6. The van der Waals surface area contributed by atoms with Gasteiger partial charge in [-0.3, -0.25) is 15.1 Å². The summed E-state index contributed by atoms with van der Waals surface area (Å²) in [5, 5.41) is 15.2. The fourth-order valence-corrected chi connectivity index (χ4v) is 2.43. The lowest BCUT2D eigenvalue weighted by Gasteiger charge is -2.11. The molecule has 3 aromatic rings. The number of hydrogen-bond acceptors (Lipinski definition) is 5. The first-order valence-electron chi connectivity index (χ1n) is 7.39. The van der Waals surface area contributed by atoms with Gasteiger partial charge >= 0.3 is 0 Å². The highest BCUT2D eigenvalue weighted by Crippen LogP contribution is 2.30. The van der Waals surface area contributed by atoms with Crippen LogP contribution in [-0.2, 0) is 0 Å². The number of nitro benzene ring substituents is 1. The molecule has 0 aliphatic carbocycles. The van der Waals surface area contributed by atoms with Gasteiger partial charge in [0.25, 0.3) is 5.69 Å². The summed E-state index contributed by atoms with van der Waals surface area (Å²) in [5.41, 5.74) is 0.643. The summed E-state index contributed by atoms with van der Waals surface area (Å²) >= 11 is 0. The number of anilines is 1. The number of ether oxygens (including phenoxy) is 1. The van der Waals surface area contributed by atoms with E-state index in [1.54, 1.807) is 18.3 Å². The highest BCUT2D eigenvalue weighted by Gasteiger charge is 2.14. The van der Waals surface area contributed by atoms with Crippen molar-refractivity contribution in [3.63, 3.8) is 0 Å². The van der Waals surface area contributed by atoms with Crippen LogP contribution in [0.2, 0.25) is 0 Å². The van der Waals surface area contributed by atoms with Crippen molar-refractivity contribution in [1.29, 1.82) is 0 Å². The zero-order chi connectivity index (χ0) is 17.8. The van der Waals surface area contributed by atoms with Crippen molar-refractivity contribution in [2.45, 2.75) is 0 Å². The van der Waals surface area contributed by atoms with E-state index >= 15 is 0 Å². The number of pyridine rings is 1. The van der Waals surface area contributed by atoms with Crippen LogP contribution in [0.3, 0.4) is 0 Å². The molecule has 128 valence electrons. The molecule has 1 aromatic heterocycles. The molecule has 0 unspecified atom stereocenters. The van der Waals surface area contributed by atoms with Crippen LogP contribution < -0.4 is 10.1 Å². The first-order valence-corrected chi connectivity index (χ1v) is 7.39. The number of nitrogens with zero attached hydrogens (tertiary/aromatic N) is 2. The zero-order valence-electron chi connectivity index (χ0n) is 12.9. The minimum atomic E-state index is -0.771. The summed E-state index contributed by atoms with van der Waals surface area (Å²) in [6.45, 7) is 0.457. The number of fused-ring (bicyclic) bond motifs is 1. The molecule has 25 heavy (non-hydrogen) atoms. The SMILES string of the molecule is O=[N+]([O-])c1ccc(NCCOc2ccc(F)cc2F)c2ccncc12. The summed E-state index contributed by atoms with van der Waals surface area (Å²) in [6.07, 6.45) is 2.98. The second-order valence-corrected chi connectivity index (χ2v) is 5.16. The number of rotatable bonds is 6. The highest BCUT2D eigenvalue weighted by molar-refractivity contribution is 5.99. The van der Waals surface area contributed by atoms with E-state index in [9.17, 15) is 18.9 Å². The molecule has 8 heteroatoms. The Morgan fingerprint density at radius 2 is 2.00 bits per heavy atom. The minimum absolute atomic E-state index is 0.0294. The van der Waals surface area contributed by atoms with Gasteiger partial charge in [0, 0.05) is 42.1 Å². The Bertz CT molecular complexity index is 934. The molecule has 0 aliphatic heterocycles. The number of aromatic nitrogens is 1. The topological polar surface area (TPSA) is 77.3 Å². The van der Waals surface area contributed by atoms with Gasteiger partial charge in [-0.2, -0.15) is 0 Å². The summed E-state index contributed by atoms with van der Waals surface area (Å²) in [5.74, 6) is -1.48. The average Bonchev–Trinajstić information content (AvgIpc) is 2.59. The third-order valence-electron chi connectivity index (χ3n) is 3.56. The Morgan fingerprint density at radius 1 is 1.16 bits per heavy atom. The minimum Gasteiger partial charge on any atom is -0.489 e. The number of hydrogen-bond donors (Lipinski definition) is 1. The number of halogens is 2. The van der Waals surface area contributed by atoms with E-state index in [1.807, 2.05) is 0 Å². The van der Waals surface area contributed by atoms with Gasteiger partial charge in [-0.15, -0.1) is 0 Å². The van der Waals surface area contributed by atoms with E-state index in [1.165, 1.54) is 18.3 Å². The molecule has 0 fully saturated rings. The van der Waals surface area contributed by atoms with Crippen molar-refractivity contribution >= 4 is 22.1 Å². The molecule has 0 amide bonds. The van der Waals surface area contributed by atoms with Crippen molar-refractivity contribution in [3.8, 4) is 5.75 Å². The number of non-ortho nitro benzene ring substituents is 1. The van der Waals surface area contributed by atoms with Crippen molar-refractivity contribution < 1.29 is 18.4 Å². The largest absolute Gasteiger partial charge is 0.489 e. The predicted octanol–water partition coefficient (Wildman–Crippen LogP) is 3.91. The first kappa shape index (κ1) is 16.6. The van der Waals surface area contributed by atoms with Crippen LogP contribution in [0, 0.1) is 21.7 Å². The monoisotopic (exact) mass is 345 g/mol. The van der Waals surface area contributed by atoms with Crippen molar-refractivity contribution in [3.05, 3.63) is 70.5 Å². The van der Waals surface area contributed by atoms with Crippen molar-refractivity contribution in [2.24, 2.45) is 0 Å². The fourth-order valence-electron chi connectivity index (χ4n) is 2.43. The molecular weight excluding hydrogens is 332 g/mol. The van der Waals surface area contributed by atoms with Crippen LogP contribution in [0.15, 0.2) is 48.8 Å². The molecule has 0 aliphatic rings. The van der Waals surface area contributed by atoms with E-state index in [0.29, 0.717) is 23.0 Å². The molecule has 3 rings (SSSR count). The van der Waals surface area contributed by atoms with Crippen LogP contribution in [0.5, 0.6) is 5.75 Å². The Hall–Kier alpha value is -3.29. The number of nitrogens with one attached hydrogen (secondary N) is 1. The van der Waals surface area contributed by atoms with E-state index in [0.717, 1.165) is 12.1 Å². The van der Waals surface area contributed by atoms with Crippen LogP contribution in [0.1, 0.15) is 0 Å². The quantitative estimate of drug-likeness (QED) is 0.416. The summed E-state index contributed by atoms with van der Waals surface area (Å²) < 4.78 is 31.6. The van der Waals surface area contributed by atoms with Gasteiger partial charge in [0.2, 0.25) is 0 Å². The Morgan fingerprint density at radius 3 is 2.76 bits per heavy atom. The molecular formula is C17H13F2N3O3. The molecule has 0 radical (unpaired) electrons. The molecule has 0 atom stereocenters. The first-order chi connectivity index (χ1) is 12.1. The van der Waals surface area contributed by atoms with Crippen LogP contribution in [0.25, 0.3) is 10.8 Å². The Balaban J connectivity index is 1.69. The van der Waals surface area contributed by atoms with Crippen molar-refractivity contribution in [2.75, 3.05) is 18.5 Å². The Kier molecular flexibility index (Phi) is 4.69. The molecule has 6 nitrogen and oxygen atoms in total. The highest BCUT2D eigenvalue weighted by atomic mass is 19.1. The van der Waals surface area contributed by atoms with Gasteiger partial charge in [-0.25, -0.2) is 8.78 Å². The molecule has 0 spiro atoms. The van der Waals surface area contributed by atoms with Crippen LogP contribution in [-0.4, -0.2) is 23.1 Å². The van der Waals surface area contributed by atoms with E-state index < -0.39 is 16.6 Å². The van der Waals surface area contributed by atoms with E-state index in [-0.39, 0.29) is 18.0 Å². The maximum atomic E-state index is 13.5. The standard InChI is InChI=1S/C17H13F2N3O3/c18-11-1-4-17(14(19)9-11)25-8-7-21-15-2-3-16(22(23)24)13-10-20-6-5-12(13)15/h1-6,9-10,21H,7-8H2. The lowest BCUT2D eigenvalue weighted by atomic mass is 10.1. The van der Waals surface area contributed by atoms with Gasteiger partial charge in [0.1, 0.15) is 12.4 Å². The van der Waals surface area contributed by atoms with Crippen LogP contribution in [0.4, 0.5) is 20.2 Å². The smallest absolute Gasteiger partial charge is 0.278 e. The van der Waals surface area contributed by atoms with E-state index in [2.05, 4.69) is 10.3 Å². The third-order valence-corrected chi connectivity index (χ3v) is 3.56. The zero-order valence-corrected chi connectivity index (χ0v) is 12.9. The maximum Gasteiger partial charge on any atom is 0.278 e. The van der Waals surface area contributed by atoms with Gasteiger partial charge in [0.05, 0.1) is 10.3 Å². The molecule has 0 bridgehead atoms. The second kappa shape index (κ2) is 7.08. The maximum absolute atomic E-state index is 13.5. The average molecular weight is 345 g/mol. The Labute approximate surface area is 141 Å². The molecule has 1 heterocycles. The van der Waals surface area contributed by atoms with Gasteiger partial charge in [-0.05, 0) is 24.3 Å². The lowest BCUT2D eigenvalue weighted by molar-refractivity contribution is -0.383. The summed E-state index contributed by atoms with van der Waals surface area (Å²) in [6, 6.07) is 7.75.